The number of aromatic nitrogens is 1. The molecule has 0 bridgehead atoms. The number of halogens is 1. The van der Waals surface area contributed by atoms with Gasteiger partial charge in [0.2, 0.25) is 0 Å². The number of piperazine rings is 1. The van der Waals surface area contributed by atoms with Crippen LogP contribution in [0.2, 0.25) is 5.02 Å². The molecule has 0 aliphatic carbocycles. The van der Waals surface area contributed by atoms with E-state index in [-0.39, 0.29) is 5.82 Å². The summed E-state index contributed by atoms with van der Waals surface area (Å²) >= 11 is 5.75. The predicted molar refractivity (Wildman–Crippen MR) is 88.4 cm³/mol. The van der Waals surface area contributed by atoms with E-state index in [1.165, 1.54) is 6.20 Å². The second kappa shape index (κ2) is 9.13. The van der Waals surface area contributed by atoms with Gasteiger partial charge < -0.3 is 10.6 Å². The van der Waals surface area contributed by atoms with Gasteiger partial charge in [0.25, 0.3) is 6.20 Å². The zero-order chi connectivity index (χ0) is 16.5. The Morgan fingerprint density at radius 1 is 1.48 bits per heavy atom. The molecular weight excluding hydrogens is 322 g/mol. The Bertz CT molecular complexity index is 532. The summed E-state index contributed by atoms with van der Waals surface area (Å²) in [6.45, 7) is 5.33. The third-order valence-corrected chi connectivity index (χ3v) is 3.46. The molecule has 2 rings (SSSR count). The highest BCUT2D eigenvalue weighted by Gasteiger charge is 2.09. The lowest BCUT2D eigenvalue weighted by Gasteiger charge is -2.27. The molecule has 0 aromatic carbocycles. The maximum absolute atomic E-state index is 10.7. The Morgan fingerprint density at radius 2 is 2.26 bits per heavy atom. The number of rotatable bonds is 8. The SMILES string of the molecule is O=[N+]([O-])/C=C(/NCCN1CCNCC1)NNc1ccc(Cl)cn1. The minimum Gasteiger partial charge on any atom is -0.364 e. The highest BCUT2D eigenvalue weighted by atomic mass is 35.5. The number of nitrogens with one attached hydrogen (secondary N) is 4. The largest absolute Gasteiger partial charge is 0.364 e. The van der Waals surface area contributed by atoms with Crippen LogP contribution >= 0.6 is 11.6 Å². The summed E-state index contributed by atoms with van der Waals surface area (Å²) in [6.07, 6.45) is 2.36. The first-order chi connectivity index (χ1) is 11.1. The van der Waals surface area contributed by atoms with Gasteiger partial charge in [0.05, 0.1) is 9.95 Å². The Balaban J connectivity index is 1.79. The summed E-state index contributed by atoms with van der Waals surface area (Å²) in [4.78, 5) is 16.5. The monoisotopic (exact) mass is 341 g/mol. The van der Waals surface area contributed by atoms with Gasteiger partial charge in [-0.1, -0.05) is 11.6 Å². The average molecular weight is 342 g/mol. The zero-order valence-corrected chi connectivity index (χ0v) is 13.3. The van der Waals surface area contributed by atoms with Crippen LogP contribution in [-0.2, 0) is 0 Å². The van der Waals surface area contributed by atoms with Gasteiger partial charge >= 0.3 is 0 Å². The van der Waals surface area contributed by atoms with Crippen molar-refractivity contribution in [3.63, 3.8) is 0 Å². The van der Waals surface area contributed by atoms with Gasteiger partial charge in [0, 0.05) is 45.5 Å². The second-order valence-electron chi connectivity index (χ2n) is 4.96. The molecule has 10 heteroatoms. The maximum Gasteiger partial charge on any atom is 0.275 e. The number of nitrogens with zero attached hydrogens (tertiary/aromatic N) is 3. The zero-order valence-electron chi connectivity index (χ0n) is 12.6. The van der Waals surface area contributed by atoms with Crippen LogP contribution in [0.4, 0.5) is 5.82 Å². The second-order valence-corrected chi connectivity index (χ2v) is 5.39. The number of hydrogen-bond acceptors (Lipinski definition) is 8. The van der Waals surface area contributed by atoms with Crippen molar-refractivity contribution in [2.45, 2.75) is 0 Å². The minimum atomic E-state index is -0.517. The fourth-order valence-corrected chi connectivity index (χ4v) is 2.20. The van der Waals surface area contributed by atoms with Gasteiger partial charge in [-0.3, -0.25) is 25.9 Å². The van der Waals surface area contributed by atoms with Crippen molar-refractivity contribution in [2.75, 3.05) is 44.7 Å². The topological polar surface area (TPSA) is 107 Å². The average Bonchev–Trinajstić information content (AvgIpc) is 2.54. The summed E-state index contributed by atoms with van der Waals surface area (Å²) in [5.74, 6) is 0.773. The number of nitro groups is 1. The Kier molecular flexibility index (Phi) is 6.85. The van der Waals surface area contributed by atoms with Gasteiger partial charge in [-0.2, -0.15) is 0 Å². The van der Waals surface area contributed by atoms with Gasteiger partial charge in [-0.15, -0.1) is 0 Å². The molecule has 0 saturated carbocycles. The van der Waals surface area contributed by atoms with Crippen molar-refractivity contribution >= 4 is 17.4 Å². The highest BCUT2D eigenvalue weighted by Crippen LogP contribution is 2.08. The molecule has 0 radical (unpaired) electrons. The van der Waals surface area contributed by atoms with Crippen molar-refractivity contribution in [1.29, 1.82) is 0 Å². The van der Waals surface area contributed by atoms with Crippen LogP contribution in [0.1, 0.15) is 0 Å². The lowest BCUT2D eigenvalue weighted by Crippen LogP contribution is -2.46. The van der Waals surface area contributed by atoms with Crippen molar-refractivity contribution in [3.8, 4) is 0 Å². The standard InChI is InChI=1S/C13H20ClN7O2/c14-11-1-2-12(17-9-11)18-19-13(10-21(22)23)16-5-8-20-6-3-15-4-7-20/h1-2,9-10,15-16,19H,3-8H2,(H,17,18)/b13-10-. The molecule has 0 amide bonds. The molecule has 0 atom stereocenters. The van der Waals surface area contributed by atoms with E-state index in [1.807, 2.05) is 0 Å². The lowest BCUT2D eigenvalue weighted by atomic mass is 10.3. The summed E-state index contributed by atoms with van der Waals surface area (Å²) in [7, 11) is 0. The Morgan fingerprint density at radius 3 is 2.91 bits per heavy atom. The molecular formula is C13H20ClN7O2. The van der Waals surface area contributed by atoms with E-state index in [2.05, 4.69) is 31.4 Å². The van der Waals surface area contributed by atoms with Gasteiger partial charge in [-0.05, 0) is 12.1 Å². The quantitative estimate of drug-likeness (QED) is 0.393. The van der Waals surface area contributed by atoms with Crippen LogP contribution < -0.4 is 21.5 Å². The molecule has 9 nitrogen and oxygen atoms in total. The summed E-state index contributed by atoms with van der Waals surface area (Å²) in [5.41, 5.74) is 5.53. The van der Waals surface area contributed by atoms with Gasteiger partial charge in [0.15, 0.2) is 5.82 Å². The number of hydrogen-bond donors (Lipinski definition) is 4. The Hall–Kier alpha value is -2.10. The third kappa shape index (κ3) is 6.68. The lowest BCUT2D eigenvalue weighted by molar-refractivity contribution is -0.404. The molecule has 23 heavy (non-hydrogen) atoms. The molecule has 1 saturated heterocycles. The normalized spacial score (nSPS) is 16.0. The number of pyridine rings is 1. The van der Waals surface area contributed by atoms with E-state index in [0.29, 0.717) is 17.4 Å². The fraction of sp³-hybridized carbons (Fsp3) is 0.462. The van der Waals surface area contributed by atoms with Crippen molar-refractivity contribution in [1.82, 2.24) is 25.9 Å². The predicted octanol–water partition coefficient (Wildman–Crippen LogP) is 0.222. The summed E-state index contributed by atoms with van der Waals surface area (Å²) < 4.78 is 0. The Labute approximate surface area is 139 Å². The van der Waals surface area contributed by atoms with Crippen LogP contribution in [0.25, 0.3) is 0 Å². The van der Waals surface area contributed by atoms with E-state index in [9.17, 15) is 10.1 Å². The summed E-state index contributed by atoms with van der Waals surface area (Å²) in [5, 5.41) is 17.5. The van der Waals surface area contributed by atoms with Gasteiger partial charge in [-0.25, -0.2) is 4.98 Å². The van der Waals surface area contributed by atoms with Crippen LogP contribution in [0.15, 0.2) is 30.4 Å². The molecule has 4 N–H and O–H groups in total. The molecule has 1 aromatic rings. The molecule has 1 fully saturated rings. The number of hydrazine groups is 1. The molecule has 126 valence electrons. The first-order valence-electron chi connectivity index (χ1n) is 7.29. The fourth-order valence-electron chi connectivity index (χ4n) is 2.09. The molecule has 0 unspecified atom stereocenters. The van der Waals surface area contributed by atoms with Gasteiger partial charge in [0.1, 0.15) is 5.82 Å². The molecule has 1 aromatic heterocycles. The third-order valence-electron chi connectivity index (χ3n) is 3.24. The van der Waals surface area contributed by atoms with E-state index < -0.39 is 4.92 Å². The van der Waals surface area contributed by atoms with Crippen LogP contribution in [0.3, 0.4) is 0 Å². The van der Waals surface area contributed by atoms with Crippen LogP contribution in [-0.4, -0.2) is 54.1 Å². The number of anilines is 1. The van der Waals surface area contributed by atoms with E-state index >= 15 is 0 Å². The highest BCUT2D eigenvalue weighted by molar-refractivity contribution is 6.30. The molecule has 0 spiro atoms. The minimum absolute atomic E-state index is 0.266. The first-order valence-corrected chi connectivity index (χ1v) is 7.67. The molecule has 1 aliphatic heterocycles. The first kappa shape index (κ1) is 17.3. The van der Waals surface area contributed by atoms with Crippen molar-refractivity contribution in [3.05, 3.63) is 45.5 Å². The summed E-state index contributed by atoms with van der Waals surface area (Å²) in [6, 6.07) is 3.34. The van der Waals surface area contributed by atoms with Crippen molar-refractivity contribution < 1.29 is 4.92 Å². The van der Waals surface area contributed by atoms with E-state index in [0.717, 1.165) is 38.9 Å². The van der Waals surface area contributed by atoms with Crippen molar-refractivity contribution in [2.24, 2.45) is 0 Å². The molecule has 1 aliphatic rings. The maximum atomic E-state index is 10.7. The smallest absolute Gasteiger partial charge is 0.275 e. The van der Waals surface area contributed by atoms with E-state index in [1.54, 1.807) is 12.1 Å². The van der Waals surface area contributed by atoms with E-state index in [4.69, 9.17) is 11.6 Å². The van der Waals surface area contributed by atoms with Crippen LogP contribution in [0.5, 0.6) is 0 Å². The van der Waals surface area contributed by atoms with Crippen LogP contribution in [0, 0.1) is 10.1 Å². The molecule has 2 heterocycles.